The van der Waals surface area contributed by atoms with Crippen LogP contribution >= 0.6 is 0 Å². The number of fused-ring (bicyclic) bond motifs is 5. The minimum absolute atomic E-state index is 0.0365. The summed E-state index contributed by atoms with van der Waals surface area (Å²) in [4.78, 5) is 21.6. The van der Waals surface area contributed by atoms with Gasteiger partial charge in [0.1, 0.15) is 11.4 Å². The smallest absolute Gasteiger partial charge is 0.262 e. The first-order chi connectivity index (χ1) is 25.6. The zero-order valence-corrected chi connectivity index (χ0v) is 32.9. The van der Waals surface area contributed by atoms with Crippen LogP contribution in [0.2, 0.25) is 0 Å². The second-order valence-corrected chi connectivity index (χ2v) is 19.4. The Bertz CT molecular complexity index is 1800. The monoisotopic (exact) mass is 744 g/mol. The molecule has 1 N–H and O–H groups in total. The Balaban J connectivity index is 1.19. The molecule has 2 aromatic rings. The lowest BCUT2D eigenvalue weighted by Gasteiger charge is -2.53. The van der Waals surface area contributed by atoms with E-state index in [1.54, 1.807) is 0 Å². The summed E-state index contributed by atoms with van der Waals surface area (Å²) in [5.41, 5.74) is 3.62. The normalized spacial score (nSPS) is 37.2. The van der Waals surface area contributed by atoms with Crippen LogP contribution in [0.4, 0.5) is 5.69 Å². The molecule has 8 rings (SSSR count). The number of rotatable bonds is 4. The van der Waals surface area contributed by atoms with Crippen LogP contribution in [0.25, 0.3) is 0 Å². The highest BCUT2D eigenvalue weighted by Gasteiger charge is 2.50. The first kappa shape index (κ1) is 37.1. The average molecular weight is 745 g/mol. The lowest BCUT2D eigenvalue weighted by molar-refractivity contribution is -0.121. The highest BCUT2D eigenvalue weighted by atomic mass is 32.2. The van der Waals surface area contributed by atoms with E-state index in [0.717, 1.165) is 109 Å². The molecule has 4 heterocycles. The van der Waals surface area contributed by atoms with Crippen molar-refractivity contribution in [2.24, 2.45) is 17.8 Å². The van der Waals surface area contributed by atoms with Gasteiger partial charge in [-0.15, -0.1) is 0 Å². The molecule has 1 amide bonds. The fraction of sp³-hybridized carbons (Fsp3) is 0.628. The van der Waals surface area contributed by atoms with Gasteiger partial charge in [0.05, 0.1) is 35.2 Å². The molecule has 2 bridgehead atoms. The van der Waals surface area contributed by atoms with Gasteiger partial charge in [0, 0.05) is 74.7 Å². The van der Waals surface area contributed by atoms with Gasteiger partial charge in [-0.3, -0.25) is 19.3 Å². The summed E-state index contributed by atoms with van der Waals surface area (Å²) in [5, 5.41) is -0.326. The van der Waals surface area contributed by atoms with E-state index in [4.69, 9.17) is 14.2 Å². The number of carbonyl (C=O) groups excluding carboxylic acids is 1. The molecule has 6 aliphatic rings. The number of amides is 1. The van der Waals surface area contributed by atoms with Crippen LogP contribution in [0, 0.1) is 17.8 Å². The molecule has 53 heavy (non-hydrogen) atoms. The first-order valence-electron chi connectivity index (χ1n) is 20.2. The predicted octanol–water partition coefficient (Wildman–Crippen LogP) is 5.32. The molecule has 1 unspecified atom stereocenters. The maximum absolute atomic E-state index is 14.1. The summed E-state index contributed by atoms with van der Waals surface area (Å²) in [6.45, 7) is 15.6. The molecule has 1 saturated carbocycles. The van der Waals surface area contributed by atoms with E-state index in [1.807, 2.05) is 25.1 Å². The molecule has 0 aromatic heterocycles. The van der Waals surface area contributed by atoms with E-state index in [1.165, 1.54) is 11.1 Å². The summed E-state index contributed by atoms with van der Waals surface area (Å²) in [5.74, 6) is 5.31. The molecular weight excluding hydrogens is 685 g/mol. The number of anilines is 1. The highest BCUT2D eigenvalue weighted by molar-refractivity contribution is 7.99. The van der Waals surface area contributed by atoms with Gasteiger partial charge < -0.3 is 19.1 Å². The third kappa shape index (κ3) is 7.19. The van der Waals surface area contributed by atoms with Gasteiger partial charge >= 0.3 is 0 Å². The lowest BCUT2D eigenvalue weighted by Crippen LogP contribution is -2.62. The Labute approximate surface area is 317 Å². The van der Waals surface area contributed by atoms with E-state index in [2.05, 4.69) is 75.6 Å². The molecule has 1 spiro atoms. The zero-order valence-electron chi connectivity index (χ0n) is 32.1. The van der Waals surface area contributed by atoms with E-state index < -0.39 is 15.3 Å². The van der Waals surface area contributed by atoms with Crippen LogP contribution in [0.3, 0.4) is 0 Å². The summed E-state index contributed by atoms with van der Waals surface area (Å²) in [7, 11) is -2.95. The molecular formula is C43H60N4O5S. The number of ether oxygens (including phenoxy) is 3. The Hall–Kier alpha value is -2.89. The maximum atomic E-state index is 14.1. The number of morpholine rings is 1. The van der Waals surface area contributed by atoms with Gasteiger partial charge in [-0.1, -0.05) is 43.3 Å². The number of allylic oxidation sites excluding steroid dienone is 1. The van der Waals surface area contributed by atoms with E-state index >= 15 is 0 Å². The predicted molar refractivity (Wildman–Crippen MR) is 214 cm³/mol. The average Bonchev–Trinajstić information content (AvgIpc) is 3.29. The summed E-state index contributed by atoms with van der Waals surface area (Å²) < 4.78 is 36.7. The van der Waals surface area contributed by atoms with E-state index in [9.17, 15) is 9.00 Å². The molecule has 0 radical (unpaired) electrons. The van der Waals surface area contributed by atoms with Gasteiger partial charge in [-0.05, 0) is 105 Å². The van der Waals surface area contributed by atoms with Crippen molar-refractivity contribution in [2.75, 3.05) is 77.1 Å². The molecule has 9 nitrogen and oxygen atoms in total. The Morgan fingerprint density at radius 2 is 1.96 bits per heavy atom. The van der Waals surface area contributed by atoms with Crippen molar-refractivity contribution in [3.8, 4) is 5.75 Å². The van der Waals surface area contributed by atoms with Crippen LogP contribution < -0.4 is 14.4 Å². The number of piperazine rings is 1. The lowest BCUT2D eigenvalue weighted by atomic mass is 9.63. The van der Waals surface area contributed by atoms with Crippen LogP contribution in [0.5, 0.6) is 5.75 Å². The van der Waals surface area contributed by atoms with Crippen molar-refractivity contribution < 1.29 is 23.2 Å². The molecule has 10 heteroatoms. The van der Waals surface area contributed by atoms with Crippen LogP contribution in [-0.4, -0.2) is 115 Å². The van der Waals surface area contributed by atoms with Crippen LogP contribution in [0.15, 0.2) is 54.6 Å². The third-order valence-corrected chi connectivity index (χ3v) is 15.9. The number of hydrogen-bond acceptors (Lipinski definition) is 8. The Morgan fingerprint density at radius 3 is 2.79 bits per heavy atom. The Morgan fingerprint density at radius 1 is 1.09 bits per heavy atom. The third-order valence-electron chi connectivity index (χ3n) is 13.7. The van der Waals surface area contributed by atoms with Crippen molar-refractivity contribution >= 4 is 27.2 Å². The van der Waals surface area contributed by atoms with Crippen molar-refractivity contribution in [3.63, 3.8) is 0 Å². The van der Waals surface area contributed by atoms with Crippen molar-refractivity contribution in [3.05, 3.63) is 71.3 Å². The van der Waals surface area contributed by atoms with Gasteiger partial charge in [-0.2, -0.15) is 0 Å². The largest absolute Gasteiger partial charge is 0.490 e. The van der Waals surface area contributed by atoms with Crippen LogP contribution in [0.1, 0.15) is 74.4 Å². The standard InChI is InChI=1S/C43H60N4O5S/c1-5-52-43(29-45-20-21-46-22-23-50-27-36(46)26-45)19-8-10-31(2)32(3)53(4,49)44-41(48)34-15-17-40-39(24-34)47(25-35-14-16-38(35)43)28-42(30-51-40)18-9-12-33-11-6-7-13-37(33)42/h6-8,11,13,15,17,19,24,31-32,35-36,38H,4-5,9-10,12,14,16,18,20-23,25-30H2,1-3H3,(H,44,48,49)/b19-8+/t31-,32+,35-,36-,38+,42-,43+,53?/m0/s1. The molecule has 3 fully saturated rings. The fourth-order valence-electron chi connectivity index (χ4n) is 10.4. The van der Waals surface area contributed by atoms with E-state index in [-0.39, 0.29) is 22.5 Å². The highest BCUT2D eigenvalue weighted by Crippen LogP contribution is 2.49. The first-order valence-corrected chi connectivity index (χ1v) is 22.0. The molecule has 8 atom stereocenters. The van der Waals surface area contributed by atoms with Gasteiger partial charge in [-0.25, -0.2) is 4.21 Å². The number of aryl methyl sites for hydroxylation is 1. The summed E-state index contributed by atoms with van der Waals surface area (Å²) in [6.07, 6.45) is 10.9. The molecule has 2 saturated heterocycles. The number of nitrogens with one attached hydrogen (secondary N) is 1. The van der Waals surface area contributed by atoms with Gasteiger partial charge in [0.15, 0.2) is 0 Å². The zero-order chi connectivity index (χ0) is 36.8. The number of benzene rings is 2. The second kappa shape index (κ2) is 15.0. The quantitative estimate of drug-likeness (QED) is 0.333. The van der Waals surface area contributed by atoms with Gasteiger partial charge in [0.2, 0.25) is 0 Å². The van der Waals surface area contributed by atoms with Crippen LogP contribution in [-0.2, 0) is 31.0 Å². The second-order valence-electron chi connectivity index (χ2n) is 17.0. The molecule has 4 aliphatic heterocycles. The topological polar surface area (TPSA) is 83.6 Å². The number of nitrogens with zero attached hydrogens (tertiary/aromatic N) is 3. The molecule has 2 aromatic carbocycles. The minimum Gasteiger partial charge on any atom is -0.490 e. The fourth-order valence-corrected chi connectivity index (χ4v) is 11.8. The molecule has 288 valence electrons. The SMILES string of the molecule is C=S1(=O)NC(=O)c2ccc3c(c2)N(C[C@@H]2CC[C@H]2[C@@](CN2CCN4CCOC[C@@H]4C2)(OCC)/C=C/C[C@H](C)[C@H]1C)C[C@@]1(CCCc2ccccc21)CO3. The number of hydrogen-bond donors (Lipinski definition) is 1. The summed E-state index contributed by atoms with van der Waals surface area (Å²) >= 11 is 0. The van der Waals surface area contributed by atoms with Crippen molar-refractivity contribution in [2.45, 2.75) is 81.6 Å². The minimum atomic E-state index is -2.95. The van der Waals surface area contributed by atoms with E-state index in [0.29, 0.717) is 36.7 Å². The Kier molecular flexibility index (Phi) is 10.5. The molecule has 2 aliphatic carbocycles. The van der Waals surface area contributed by atoms with Gasteiger partial charge in [0.25, 0.3) is 5.91 Å². The number of carbonyl (C=O) groups is 1. The van der Waals surface area contributed by atoms with Crippen molar-refractivity contribution in [1.82, 2.24) is 14.5 Å². The summed E-state index contributed by atoms with van der Waals surface area (Å²) in [6, 6.07) is 15.1. The maximum Gasteiger partial charge on any atom is 0.262 e. The van der Waals surface area contributed by atoms with Crippen molar-refractivity contribution in [1.29, 1.82) is 0 Å².